The van der Waals surface area contributed by atoms with Crippen molar-refractivity contribution in [2.24, 2.45) is 10.2 Å². The maximum absolute atomic E-state index is 5.28. The van der Waals surface area contributed by atoms with Gasteiger partial charge in [-0.25, -0.2) is 0 Å². The Morgan fingerprint density at radius 1 is 1.05 bits per heavy atom. The minimum atomic E-state index is 0.403. The van der Waals surface area contributed by atoms with Crippen molar-refractivity contribution in [2.45, 2.75) is 0 Å². The van der Waals surface area contributed by atoms with Gasteiger partial charge in [-0.2, -0.15) is 5.10 Å². The fraction of sp³-hybridized carbons (Fsp3) is 0.188. The van der Waals surface area contributed by atoms with Crippen LogP contribution in [0.15, 0.2) is 52.9 Å². The van der Waals surface area contributed by atoms with Gasteiger partial charge in [0.05, 0.1) is 27.5 Å². The molecular formula is C16H17N3O3. The smallest absolute Gasteiger partial charge is 0.240 e. The van der Waals surface area contributed by atoms with Gasteiger partial charge in [0, 0.05) is 23.5 Å². The lowest BCUT2D eigenvalue weighted by molar-refractivity contribution is 0.402. The van der Waals surface area contributed by atoms with E-state index < -0.39 is 0 Å². The van der Waals surface area contributed by atoms with Crippen LogP contribution in [0.3, 0.4) is 0 Å². The lowest BCUT2D eigenvalue weighted by atomic mass is 10.2. The second-order valence-corrected chi connectivity index (χ2v) is 4.20. The number of hydrogen-bond acceptors (Lipinski definition) is 6. The number of nitrogens with zero attached hydrogens (tertiary/aromatic N) is 3. The molecule has 0 unspecified atom stereocenters. The van der Waals surface area contributed by atoms with Crippen molar-refractivity contribution in [2.75, 3.05) is 21.3 Å². The van der Waals surface area contributed by atoms with Gasteiger partial charge in [-0.3, -0.25) is 4.98 Å². The van der Waals surface area contributed by atoms with Crippen molar-refractivity contribution in [3.8, 4) is 11.5 Å². The normalized spacial score (nSPS) is 11.5. The van der Waals surface area contributed by atoms with Crippen LogP contribution in [0.2, 0.25) is 0 Å². The molecule has 6 heteroatoms. The Bertz CT molecular complexity index is 670. The van der Waals surface area contributed by atoms with Gasteiger partial charge < -0.3 is 14.2 Å². The first-order valence-electron chi connectivity index (χ1n) is 6.56. The standard InChI is InChI=1S/C16H17N3O3/c1-20-14-4-5-15(21-2)13(10-14)11-18-19-16(22-3)12-6-8-17-9-7-12/h4-11H,1-3H3/b18-11+,19-16+. The molecule has 22 heavy (non-hydrogen) atoms. The molecule has 0 saturated carbocycles. The number of ether oxygens (including phenoxy) is 3. The fourth-order valence-corrected chi connectivity index (χ4v) is 1.79. The summed E-state index contributed by atoms with van der Waals surface area (Å²) in [5.41, 5.74) is 1.56. The van der Waals surface area contributed by atoms with Gasteiger partial charge in [-0.15, -0.1) is 5.10 Å². The van der Waals surface area contributed by atoms with Crippen LogP contribution < -0.4 is 9.47 Å². The van der Waals surface area contributed by atoms with Gasteiger partial charge in [-0.1, -0.05) is 0 Å². The Hall–Kier alpha value is -2.89. The highest BCUT2D eigenvalue weighted by molar-refractivity contribution is 5.94. The minimum absolute atomic E-state index is 0.403. The zero-order valence-electron chi connectivity index (χ0n) is 12.7. The summed E-state index contributed by atoms with van der Waals surface area (Å²) in [6, 6.07) is 9.03. The summed E-state index contributed by atoms with van der Waals surface area (Å²) < 4.78 is 15.7. The summed E-state index contributed by atoms with van der Waals surface area (Å²) in [6.45, 7) is 0. The van der Waals surface area contributed by atoms with Gasteiger partial charge in [-0.05, 0) is 30.3 Å². The van der Waals surface area contributed by atoms with Crippen molar-refractivity contribution in [1.82, 2.24) is 4.98 Å². The Morgan fingerprint density at radius 2 is 1.82 bits per heavy atom. The van der Waals surface area contributed by atoms with E-state index in [4.69, 9.17) is 14.2 Å². The number of pyridine rings is 1. The molecule has 0 amide bonds. The molecule has 1 aromatic carbocycles. The van der Waals surface area contributed by atoms with Gasteiger partial charge in [0.2, 0.25) is 5.90 Å². The Labute approximate surface area is 129 Å². The molecule has 0 aliphatic heterocycles. The maximum Gasteiger partial charge on any atom is 0.240 e. The second-order valence-electron chi connectivity index (χ2n) is 4.20. The molecule has 0 atom stereocenters. The summed E-state index contributed by atoms with van der Waals surface area (Å²) in [6.07, 6.45) is 4.92. The predicted molar refractivity (Wildman–Crippen MR) is 84.9 cm³/mol. The molecule has 6 nitrogen and oxygen atoms in total. The van der Waals surface area contributed by atoms with Crippen molar-refractivity contribution in [3.05, 3.63) is 53.9 Å². The quantitative estimate of drug-likeness (QED) is 0.483. The highest BCUT2D eigenvalue weighted by Crippen LogP contribution is 2.22. The van der Waals surface area contributed by atoms with Crippen LogP contribution in [0.1, 0.15) is 11.1 Å². The van der Waals surface area contributed by atoms with Crippen LogP contribution in [0.25, 0.3) is 0 Å². The summed E-state index contributed by atoms with van der Waals surface area (Å²) in [5, 5.41) is 8.13. The fourth-order valence-electron chi connectivity index (χ4n) is 1.79. The molecule has 0 N–H and O–H groups in total. The van der Waals surface area contributed by atoms with Crippen LogP contribution in [0.5, 0.6) is 11.5 Å². The zero-order valence-corrected chi connectivity index (χ0v) is 12.7. The minimum Gasteiger partial charge on any atom is -0.497 e. The summed E-state index contributed by atoms with van der Waals surface area (Å²) in [4.78, 5) is 3.95. The molecule has 0 aliphatic carbocycles. The molecular weight excluding hydrogens is 282 g/mol. The third kappa shape index (κ3) is 3.82. The van der Waals surface area contributed by atoms with Gasteiger partial charge in [0.1, 0.15) is 11.5 Å². The molecule has 2 aromatic rings. The van der Waals surface area contributed by atoms with E-state index in [1.54, 1.807) is 52.1 Å². The van der Waals surface area contributed by atoms with E-state index in [9.17, 15) is 0 Å². The summed E-state index contributed by atoms with van der Waals surface area (Å²) >= 11 is 0. The lowest BCUT2D eigenvalue weighted by Crippen LogP contribution is -2.02. The Kier molecular flexibility index (Phi) is 5.48. The van der Waals surface area contributed by atoms with E-state index in [0.29, 0.717) is 17.4 Å². The largest absolute Gasteiger partial charge is 0.497 e. The summed E-state index contributed by atoms with van der Waals surface area (Å²) in [5.74, 6) is 1.80. The van der Waals surface area contributed by atoms with E-state index in [2.05, 4.69) is 15.2 Å². The van der Waals surface area contributed by atoms with Gasteiger partial charge in [0.15, 0.2) is 0 Å². The van der Waals surface area contributed by atoms with E-state index in [1.165, 1.54) is 0 Å². The van der Waals surface area contributed by atoms with E-state index >= 15 is 0 Å². The average Bonchev–Trinajstić information content (AvgIpc) is 2.59. The van der Waals surface area contributed by atoms with Crippen LogP contribution in [0.4, 0.5) is 0 Å². The number of hydrogen-bond donors (Lipinski definition) is 0. The number of aromatic nitrogens is 1. The average molecular weight is 299 g/mol. The van der Waals surface area contributed by atoms with Crippen molar-refractivity contribution in [3.63, 3.8) is 0 Å². The molecule has 0 spiro atoms. The first-order chi connectivity index (χ1) is 10.8. The van der Waals surface area contributed by atoms with Crippen LogP contribution >= 0.6 is 0 Å². The SMILES string of the molecule is CO/C(=N/N=C/c1cc(OC)ccc1OC)c1ccncc1. The first-order valence-corrected chi connectivity index (χ1v) is 6.56. The number of rotatable bonds is 5. The molecule has 1 aromatic heterocycles. The molecule has 0 radical (unpaired) electrons. The Morgan fingerprint density at radius 3 is 2.45 bits per heavy atom. The Balaban J connectivity index is 2.25. The maximum atomic E-state index is 5.28. The monoisotopic (exact) mass is 299 g/mol. The lowest BCUT2D eigenvalue weighted by Gasteiger charge is -2.06. The molecule has 0 bridgehead atoms. The first kappa shape index (κ1) is 15.5. The van der Waals surface area contributed by atoms with Crippen molar-refractivity contribution < 1.29 is 14.2 Å². The van der Waals surface area contributed by atoms with Gasteiger partial charge in [0.25, 0.3) is 0 Å². The molecule has 2 rings (SSSR count). The van der Waals surface area contributed by atoms with Crippen molar-refractivity contribution in [1.29, 1.82) is 0 Å². The number of benzene rings is 1. The molecule has 114 valence electrons. The molecule has 0 fully saturated rings. The predicted octanol–water partition coefficient (Wildman–Crippen LogP) is 2.53. The molecule has 1 heterocycles. The number of methoxy groups -OCH3 is 3. The highest BCUT2D eigenvalue weighted by Gasteiger charge is 2.04. The van der Waals surface area contributed by atoms with E-state index in [0.717, 1.165) is 11.1 Å². The van der Waals surface area contributed by atoms with Crippen LogP contribution in [-0.2, 0) is 4.74 Å². The van der Waals surface area contributed by atoms with Crippen LogP contribution in [-0.4, -0.2) is 38.4 Å². The van der Waals surface area contributed by atoms with Crippen molar-refractivity contribution >= 4 is 12.1 Å². The van der Waals surface area contributed by atoms with Crippen LogP contribution in [0, 0.1) is 0 Å². The van der Waals surface area contributed by atoms with E-state index in [1.807, 2.05) is 18.2 Å². The topological polar surface area (TPSA) is 65.3 Å². The third-order valence-corrected chi connectivity index (χ3v) is 2.90. The molecule has 0 saturated heterocycles. The highest BCUT2D eigenvalue weighted by atomic mass is 16.5. The molecule has 0 aliphatic rings. The van der Waals surface area contributed by atoms with Gasteiger partial charge >= 0.3 is 0 Å². The summed E-state index contributed by atoms with van der Waals surface area (Å²) in [7, 11) is 4.74. The third-order valence-electron chi connectivity index (χ3n) is 2.90. The zero-order chi connectivity index (χ0) is 15.8. The van der Waals surface area contributed by atoms with E-state index in [-0.39, 0.29) is 0 Å². The second kappa shape index (κ2) is 7.78.